The molecule has 28 heavy (non-hydrogen) atoms. The van der Waals surface area contributed by atoms with Crippen LogP contribution in [0.15, 0.2) is 41.5 Å². The highest BCUT2D eigenvalue weighted by atomic mass is 16.5. The Balaban J connectivity index is 1.84. The van der Waals surface area contributed by atoms with Crippen molar-refractivity contribution in [2.75, 3.05) is 33.4 Å². The zero-order valence-corrected chi connectivity index (χ0v) is 17.4. The highest BCUT2D eigenvalue weighted by Gasteiger charge is 2.06. The minimum atomic E-state index is 0.544. The second-order valence-corrected chi connectivity index (χ2v) is 6.57. The number of nitrogens with one attached hydrogen (secondary N) is 2. The van der Waals surface area contributed by atoms with Crippen molar-refractivity contribution < 1.29 is 9.47 Å². The van der Waals surface area contributed by atoms with Gasteiger partial charge in [-0.15, -0.1) is 0 Å². The summed E-state index contributed by atoms with van der Waals surface area (Å²) in [7, 11) is 1.78. The number of benzene rings is 1. The van der Waals surface area contributed by atoms with Gasteiger partial charge in [-0.3, -0.25) is 9.98 Å². The fourth-order valence-electron chi connectivity index (χ4n) is 2.67. The highest BCUT2D eigenvalue weighted by molar-refractivity contribution is 5.79. The van der Waals surface area contributed by atoms with E-state index in [1.54, 1.807) is 7.05 Å². The van der Waals surface area contributed by atoms with Gasteiger partial charge in [0.25, 0.3) is 0 Å². The highest BCUT2D eigenvalue weighted by Crippen LogP contribution is 2.20. The van der Waals surface area contributed by atoms with E-state index in [1.165, 1.54) is 11.1 Å². The quantitative estimate of drug-likeness (QED) is 0.374. The number of ether oxygens (including phenoxy) is 2. The first-order valence-electron chi connectivity index (χ1n) is 9.78. The zero-order valence-electron chi connectivity index (χ0n) is 17.4. The molecule has 0 fully saturated rings. The van der Waals surface area contributed by atoms with E-state index in [2.05, 4.69) is 51.8 Å². The van der Waals surface area contributed by atoms with Gasteiger partial charge < -0.3 is 20.1 Å². The summed E-state index contributed by atoms with van der Waals surface area (Å²) in [5.41, 5.74) is 4.50. The smallest absolute Gasteiger partial charge is 0.191 e. The zero-order chi connectivity index (χ0) is 20.2. The SMILES string of the molecule is CCOCCOc1cc(C)ccc1CNC(=NC)NCCc1ccc(C)nc1. The summed E-state index contributed by atoms with van der Waals surface area (Å²) in [5, 5.41) is 6.70. The number of aryl methyl sites for hydroxylation is 2. The second kappa shape index (κ2) is 12.0. The summed E-state index contributed by atoms with van der Waals surface area (Å²) in [5.74, 6) is 1.65. The van der Waals surface area contributed by atoms with Gasteiger partial charge in [0, 0.05) is 44.2 Å². The Morgan fingerprint density at radius 3 is 2.68 bits per heavy atom. The first kappa shape index (κ1) is 21.7. The van der Waals surface area contributed by atoms with E-state index in [-0.39, 0.29) is 0 Å². The molecule has 0 unspecified atom stereocenters. The summed E-state index contributed by atoms with van der Waals surface area (Å²) >= 11 is 0. The average Bonchev–Trinajstić information content (AvgIpc) is 2.70. The third-order valence-corrected chi connectivity index (χ3v) is 4.26. The third-order valence-electron chi connectivity index (χ3n) is 4.26. The fourth-order valence-corrected chi connectivity index (χ4v) is 2.67. The summed E-state index contributed by atoms with van der Waals surface area (Å²) < 4.78 is 11.3. The van der Waals surface area contributed by atoms with Gasteiger partial charge in [0.05, 0.1) is 6.61 Å². The van der Waals surface area contributed by atoms with Crippen LogP contribution < -0.4 is 15.4 Å². The van der Waals surface area contributed by atoms with Crippen LogP contribution in [-0.4, -0.2) is 44.4 Å². The number of guanidine groups is 1. The molecule has 0 saturated heterocycles. The van der Waals surface area contributed by atoms with Crippen LogP contribution in [0, 0.1) is 13.8 Å². The summed E-state index contributed by atoms with van der Waals surface area (Å²) in [6.45, 7) is 9.30. The molecule has 0 aliphatic heterocycles. The first-order chi connectivity index (χ1) is 13.6. The van der Waals surface area contributed by atoms with Crippen molar-refractivity contribution in [2.45, 2.75) is 33.7 Å². The molecule has 0 radical (unpaired) electrons. The van der Waals surface area contributed by atoms with Crippen molar-refractivity contribution in [3.63, 3.8) is 0 Å². The Bertz CT molecular complexity index is 745. The van der Waals surface area contributed by atoms with Crippen LogP contribution in [0.25, 0.3) is 0 Å². The molecule has 6 heteroatoms. The van der Waals surface area contributed by atoms with Gasteiger partial charge in [0.2, 0.25) is 0 Å². The Labute approximate surface area is 168 Å². The van der Waals surface area contributed by atoms with Crippen molar-refractivity contribution in [1.82, 2.24) is 15.6 Å². The Morgan fingerprint density at radius 2 is 1.96 bits per heavy atom. The number of rotatable bonds is 10. The number of aromatic nitrogens is 1. The Morgan fingerprint density at radius 1 is 1.11 bits per heavy atom. The number of hydrogen-bond acceptors (Lipinski definition) is 4. The van der Waals surface area contributed by atoms with Gasteiger partial charge in [-0.2, -0.15) is 0 Å². The molecule has 152 valence electrons. The fraction of sp³-hybridized carbons (Fsp3) is 0.455. The maximum absolute atomic E-state index is 5.90. The van der Waals surface area contributed by atoms with Crippen LogP contribution >= 0.6 is 0 Å². The molecule has 2 rings (SSSR count). The van der Waals surface area contributed by atoms with E-state index >= 15 is 0 Å². The van der Waals surface area contributed by atoms with Crippen LogP contribution in [0.1, 0.15) is 29.3 Å². The van der Waals surface area contributed by atoms with Gasteiger partial charge in [-0.25, -0.2) is 0 Å². The molecule has 0 aliphatic rings. The molecule has 0 atom stereocenters. The molecule has 0 saturated carbocycles. The molecular weight excluding hydrogens is 352 g/mol. The molecule has 0 amide bonds. The van der Waals surface area contributed by atoms with E-state index in [4.69, 9.17) is 9.47 Å². The van der Waals surface area contributed by atoms with E-state index in [9.17, 15) is 0 Å². The lowest BCUT2D eigenvalue weighted by Crippen LogP contribution is -2.38. The topological polar surface area (TPSA) is 67.8 Å². The minimum absolute atomic E-state index is 0.544. The molecule has 2 aromatic rings. The van der Waals surface area contributed by atoms with Crippen molar-refractivity contribution in [2.24, 2.45) is 4.99 Å². The first-order valence-corrected chi connectivity index (χ1v) is 9.78. The van der Waals surface area contributed by atoms with Crippen LogP contribution in [-0.2, 0) is 17.7 Å². The van der Waals surface area contributed by atoms with Crippen LogP contribution in [0.5, 0.6) is 5.75 Å². The maximum Gasteiger partial charge on any atom is 0.191 e. The standard InChI is InChI=1S/C22H32N4O2/c1-5-27-12-13-28-21-14-17(2)6-9-20(21)16-26-22(23-4)24-11-10-19-8-7-18(3)25-15-19/h6-9,14-15H,5,10-13,16H2,1-4H3,(H2,23,24,26). The van der Waals surface area contributed by atoms with E-state index in [0.717, 1.165) is 35.9 Å². The molecule has 1 aromatic carbocycles. The second-order valence-electron chi connectivity index (χ2n) is 6.57. The molecular formula is C22H32N4O2. The van der Waals surface area contributed by atoms with Gasteiger partial charge in [-0.05, 0) is 50.5 Å². The average molecular weight is 385 g/mol. The molecule has 6 nitrogen and oxygen atoms in total. The number of aliphatic imine (C=N–C) groups is 1. The molecule has 0 spiro atoms. The van der Waals surface area contributed by atoms with Crippen molar-refractivity contribution in [3.05, 3.63) is 58.9 Å². The third kappa shape index (κ3) is 7.56. The van der Waals surface area contributed by atoms with Crippen LogP contribution in [0.2, 0.25) is 0 Å². The van der Waals surface area contributed by atoms with Gasteiger partial charge in [0.1, 0.15) is 12.4 Å². The van der Waals surface area contributed by atoms with E-state index < -0.39 is 0 Å². The summed E-state index contributed by atoms with van der Waals surface area (Å²) in [6.07, 6.45) is 2.82. The molecule has 0 aliphatic carbocycles. The molecule has 1 heterocycles. The van der Waals surface area contributed by atoms with Crippen LogP contribution in [0.3, 0.4) is 0 Å². The monoisotopic (exact) mass is 384 g/mol. The lowest BCUT2D eigenvalue weighted by atomic mass is 10.1. The molecule has 1 aromatic heterocycles. The molecule has 0 bridgehead atoms. The summed E-state index contributed by atoms with van der Waals surface area (Å²) in [6, 6.07) is 10.4. The van der Waals surface area contributed by atoms with Gasteiger partial charge in [0.15, 0.2) is 5.96 Å². The van der Waals surface area contributed by atoms with Crippen molar-refractivity contribution >= 4 is 5.96 Å². The van der Waals surface area contributed by atoms with Gasteiger partial charge in [-0.1, -0.05) is 18.2 Å². The van der Waals surface area contributed by atoms with Gasteiger partial charge >= 0.3 is 0 Å². The van der Waals surface area contributed by atoms with E-state index in [1.807, 2.05) is 26.1 Å². The van der Waals surface area contributed by atoms with Crippen LogP contribution in [0.4, 0.5) is 0 Å². The predicted molar refractivity (Wildman–Crippen MR) is 114 cm³/mol. The molecule has 2 N–H and O–H groups in total. The maximum atomic E-state index is 5.90. The Hall–Kier alpha value is -2.60. The van der Waals surface area contributed by atoms with Crippen molar-refractivity contribution in [3.8, 4) is 5.75 Å². The Kier molecular flexibility index (Phi) is 9.28. The lowest BCUT2D eigenvalue weighted by Gasteiger charge is -2.15. The predicted octanol–water partition coefficient (Wildman–Crippen LogP) is 3.02. The van der Waals surface area contributed by atoms with E-state index in [0.29, 0.717) is 26.4 Å². The largest absolute Gasteiger partial charge is 0.491 e. The number of hydrogen-bond donors (Lipinski definition) is 2. The number of pyridine rings is 1. The lowest BCUT2D eigenvalue weighted by molar-refractivity contribution is 0.110. The normalized spacial score (nSPS) is 11.4. The van der Waals surface area contributed by atoms with Crippen molar-refractivity contribution in [1.29, 1.82) is 0 Å². The number of nitrogens with zero attached hydrogens (tertiary/aromatic N) is 2. The minimum Gasteiger partial charge on any atom is -0.491 e. The summed E-state index contributed by atoms with van der Waals surface area (Å²) in [4.78, 5) is 8.63.